The first kappa shape index (κ1) is 13.5. The van der Waals surface area contributed by atoms with Crippen molar-refractivity contribution < 1.29 is 14.7 Å². The molecule has 0 aliphatic rings. The first-order valence-electron chi connectivity index (χ1n) is 5.97. The van der Waals surface area contributed by atoms with E-state index in [1.54, 1.807) is 36.4 Å². The highest BCUT2D eigenvalue weighted by Gasteiger charge is 2.08. The highest BCUT2D eigenvalue weighted by molar-refractivity contribution is 5.98. The van der Waals surface area contributed by atoms with Crippen LogP contribution in [0.3, 0.4) is 0 Å². The fraction of sp³-hybridized carbons (Fsp3) is 0. The molecule has 0 fully saturated rings. The van der Waals surface area contributed by atoms with E-state index in [0.29, 0.717) is 17.4 Å². The normalized spacial score (nSPS) is 10.6. The lowest BCUT2D eigenvalue weighted by Gasteiger charge is -2.07. The van der Waals surface area contributed by atoms with Crippen molar-refractivity contribution in [3.63, 3.8) is 0 Å². The summed E-state index contributed by atoms with van der Waals surface area (Å²) in [7, 11) is 0. The van der Waals surface area contributed by atoms with Crippen molar-refractivity contribution in [3.05, 3.63) is 59.7 Å². The minimum atomic E-state index is -0.557. The van der Waals surface area contributed by atoms with Crippen LogP contribution in [0.1, 0.15) is 15.9 Å². The molecule has 4 heteroatoms. The lowest BCUT2D eigenvalue weighted by Crippen LogP contribution is -2.12. The molecule has 2 aromatic rings. The monoisotopic (exact) mass is 267 g/mol. The fourth-order valence-corrected chi connectivity index (χ4v) is 1.93. The number of hydrogen-bond donors (Lipinski definition) is 2. The average molecular weight is 267 g/mol. The van der Waals surface area contributed by atoms with Gasteiger partial charge in [0.1, 0.15) is 12.0 Å². The summed E-state index contributed by atoms with van der Waals surface area (Å²) in [6, 6.07) is 11.9. The summed E-state index contributed by atoms with van der Waals surface area (Å²) in [5, 5.41) is 9.49. The molecule has 0 saturated heterocycles. The van der Waals surface area contributed by atoms with Gasteiger partial charge in [-0.05, 0) is 47.0 Å². The lowest BCUT2D eigenvalue weighted by atomic mass is 9.98. The minimum absolute atomic E-state index is 0.159. The van der Waals surface area contributed by atoms with E-state index in [1.165, 1.54) is 12.2 Å². The fourth-order valence-electron chi connectivity index (χ4n) is 1.93. The average Bonchev–Trinajstić information content (AvgIpc) is 2.44. The van der Waals surface area contributed by atoms with E-state index in [2.05, 4.69) is 0 Å². The number of aromatic hydroxyl groups is 1. The molecule has 2 rings (SSSR count). The summed E-state index contributed by atoms with van der Waals surface area (Å²) in [5.74, 6) is -0.399. The van der Waals surface area contributed by atoms with Crippen molar-refractivity contribution in [2.45, 2.75) is 0 Å². The van der Waals surface area contributed by atoms with E-state index in [4.69, 9.17) is 5.73 Å². The number of phenols is 1. The SMILES string of the molecule is NC(=O)c1ccc(-c2cccc(O)c2)cc1C=CC=O. The van der Waals surface area contributed by atoms with Crippen LogP contribution in [0, 0.1) is 0 Å². The third-order valence-electron chi connectivity index (χ3n) is 2.85. The predicted molar refractivity (Wildman–Crippen MR) is 77.2 cm³/mol. The largest absolute Gasteiger partial charge is 0.508 e. The molecule has 20 heavy (non-hydrogen) atoms. The molecule has 0 bridgehead atoms. The molecule has 1 amide bonds. The lowest BCUT2D eigenvalue weighted by molar-refractivity contribution is -0.104. The number of carbonyl (C=O) groups excluding carboxylic acids is 2. The molecular weight excluding hydrogens is 254 g/mol. The van der Waals surface area contributed by atoms with Gasteiger partial charge in [-0.3, -0.25) is 9.59 Å². The van der Waals surface area contributed by atoms with E-state index in [9.17, 15) is 14.7 Å². The van der Waals surface area contributed by atoms with E-state index in [1.807, 2.05) is 6.07 Å². The van der Waals surface area contributed by atoms with Gasteiger partial charge in [0, 0.05) is 5.56 Å². The molecule has 0 aliphatic heterocycles. The molecule has 100 valence electrons. The number of nitrogens with two attached hydrogens (primary N) is 1. The van der Waals surface area contributed by atoms with Gasteiger partial charge in [-0.15, -0.1) is 0 Å². The van der Waals surface area contributed by atoms with Crippen LogP contribution in [0.15, 0.2) is 48.5 Å². The van der Waals surface area contributed by atoms with Gasteiger partial charge < -0.3 is 10.8 Å². The summed E-state index contributed by atoms with van der Waals surface area (Å²) in [4.78, 5) is 21.8. The number of allylic oxidation sites excluding steroid dienone is 1. The predicted octanol–water partition coefficient (Wildman–Crippen LogP) is 2.37. The third-order valence-corrected chi connectivity index (χ3v) is 2.85. The zero-order chi connectivity index (χ0) is 14.5. The zero-order valence-corrected chi connectivity index (χ0v) is 10.6. The maximum Gasteiger partial charge on any atom is 0.249 e. The quantitative estimate of drug-likeness (QED) is 0.659. The maximum absolute atomic E-state index is 11.3. The van der Waals surface area contributed by atoms with Crippen LogP contribution in [0.4, 0.5) is 0 Å². The van der Waals surface area contributed by atoms with Gasteiger partial charge in [-0.25, -0.2) is 0 Å². The summed E-state index contributed by atoms with van der Waals surface area (Å²) in [6.45, 7) is 0. The van der Waals surface area contributed by atoms with Crippen LogP contribution in [-0.4, -0.2) is 17.3 Å². The van der Waals surface area contributed by atoms with Crippen molar-refractivity contribution in [2.75, 3.05) is 0 Å². The summed E-state index contributed by atoms with van der Waals surface area (Å²) < 4.78 is 0. The Morgan fingerprint density at radius 1 is 1.10 bits per heavy atom. The number of rotatable bonds is 4. The number of primary amides is 1. The van der Waals surface area contributed by atoms with E-state index in [0.717, 1.165) is 11.1 Å². The number of aldehydes is 1. The molecule has 0 atom stereocenters. The van der Waals surface area contributed by atoms with Crippen molar-refractivity contribution in [1.29, 1.82) is 0 Å². The highest BCUT2D eigenvalue weighted by Crippen LogP contribution is 2.26. The molecule has 0 unspecified atom stereocenters. The highest BCUT2D eigenvalue weighted by atomic mass is 16.3. The van der Waals surface area contributed by atoms with Crippen LogP contribution >= 0.6 is 0 Å². The Labute approximate surface area is 116 Å². The van der Waals surface area contributed by atoms with Crippen molar-refractivity contribution >= 4 is 18.3 Å². The summed E-state index contributed by atoms with van der Waals surface area (Å²) in [6.07, 6.45) is 3.46. The molecule has 0 spiro atoms. The number of phenolic OH excluding ortho intramolecular Hbond substituents is 1. The second-order valence-electron chi connectivity index (χ2n) is 4.21. The van der Waals surface area contributed by atoms with Gasteiger partial charge in [-0.1, -0.05) is 24.3 Å². The van der Waals surface area contributed by atoms with Crippen molar-refractivity contribution in [1.82, 2.24) is 0 Å². The molecule has 3 N–H and O–H groups in total. The smallest absolute Gasteiger partial charge is 0.249 e. The van der Waals surface area contributed by atoms with E-state index >= 15 is 0 Å². The first-order valence-corrected chi connectivity index (χ1v) is 5.97. The second-order valence-corrected chi connectivity index (χ2v) is 4.21. The van der Waals surface area contributed by atoms with Crippen molar-refractivity contribution in [3.8, 4) is 16.9 Å². The Morgan fingerprint density at radius 3 is 2.50 bits per heavy atom. The zero-order valence-electron chi connectivity index (χ0n) is 10.6. The van der Waals surface area contributed by atoms with Crippen LogP contribution in [0.2, 0.25) is 0 Å². The van der Waals surface area contributed by atoms with Gasteiger partial charge in [0.05, 0.1) is 0 Å². The van der Waals surface area contributed by atoms with E-state index in [-0.39, 0.29) is 5.75 Å². The Balaban J connectivity index is 2.54. The van der Waals surface area contributed by atoms with Crippen LogP contribution < -0.4 is 5.73 Å². The Kier molecular flexibility index (Phi) is 3.96. The van der Waals surface area contributed by atoms with E-state index < -0.39 is 5.91 Å². The molecule has 4 nitrogen and oxygen atoms in total. The standard InChI is InChI=1S/C16H13NO3/c17-16(20)15-7-6-12(9-13(15)4-2-8-18)11-3-1-5-14(19)10-11/h1-10,19H,(H2,17,20). The number of amides is 1. The number of hydrogen-bond acceptors (Lipinski definition) is 3. The Bertz CT molecular complexity index is 690. The summed E-state index contributed by atoms with van der Waals surface area (Å²) >= 11 is 0. The summed E-state index contributed by atoms with van der Waals surface area (Å²) in [5.41, 5.74) is 7.82. The van der Waals surface area contributed by atoms with Crippen LogP contribution in [-0.2, 0) is 4.79 Å². The van der Waals surface area contributed by atoms with Crippen LogP contribution in [0.5, 0.6) is 5.75 Å². The number of carbonyl (C=O) groups is 2. The molecule has 0 aromatic heterocycles. The topological polar surface area (TPSA) is 80.4 Å². The number of benzene rings is 2. The Morgan fingerprint density at radius 2 is 1.85 bits per heavy atom. The Hall–Kier alpha value is -2.88. The molecular formula is C16H13NO3. The van der Waals surface area contributed by atoms with Crippen LogP contribution in [0.25, 0.3) is 17.2 Å². The molecule has 0 radical (unpaired) electrons. The van der Waals surface area contributed by atoms with Gasteiger partial charge >= 0.3 is 0 Å². The first-order chi connectivity index (χ1) is 9.61. The van der Waals surface area contributed by atoms with Gasteiger partial charge in [0.2, 0.25) is 5.91 Å². The molecule has 2 aromatic carbocycles. The van der Waals surface area contributed by atoms with Gasteiger partial charge in [0.25, 0.3) is 0 Å². The molecule has 0 saturated carbocycles. The molecule has 0 aliphatic carbocycles. The molecule has 0 heterocycles. The van der Waals surface area contributed by atoms with Gasteiger partial charge in [0.15, 0.2) is 0 Å². The third kappa shape index (κ3) is 2.92. The second kappa shape index (κ2) is 5.84. The van der Waals surface area contributed by atoms with Crippen molar-refractivity contribution in [2.24, 2.45) is 5.73 Å². The maximum atomic E-state index is 11.3. The minimum Gasteiger partial charge on any atom is -0.508 e. The van der Waals surface area contributed by atoms with Gasteiger partial charge in [-0.2, -0.15) is 0 Å².